The van der Waals surface area contributed by atoms with Gasteiger partial charge in [-0.3, -0.25) is 13.9 Å². The Morgan fingerprint density at radius 1 is 0.761 bits per heavy atom. The van der Waals surface area contributed by atoms with Crippen molar-refractivity contribution >= 4 is 73.9 Å². The van der Waals surface area contributed by atoms with Crippen LogP contribution < -0.4 is 9.62 Å². The summed E-state index contributed by atoms with van der Waals surface area (Å²) in [5, 5.41) is 3.93. The Labute approximate surface area is 290 Å². The van der Waals surface area contributed by atoms with E-state index in [4.69, 9.17) is 46.4 Å². The highest BCUT2D eigenvalue weighted by Gasteiger charge is 2.35. The van der Waals surface area contributed by atoms with Crippen molar-refractivity contribution in [2.24, 2.45) is 5.92 Å². The molecule has 0 saturated carbocycles. The SMILES string of the molecule is CC(C)CNC(=O)C(Cc1ccccc1)N(Cc1ccc(Cl)c(Cl)c1)C(=O)CN(c1cc(Cl)cc(Cl)c1)S(=O)(=O)c1ccccc1. The molecule has 0 radical (unpaired) electrons. The Kier molecular flexibility index (Phi) is 12.4. The number of rotatable bonds is 13. The summed E-state index contributed by atoms with van der Waals surface area (Å²) in [7, 11) is -4.30. The maximum atomic E-state index is 14.5. The molecule has 7 nitrogen and oxygen atoms in total. The lowest BCUT2D eigenvalue weighted by Gasteiger charge is -2.34. The average molecular weight is 722 g/mol. The highest BCUT2D eigenvalue weighted by atomic mass is 35.5. The van der Waals surface area contributed by atoms with E-state index < -0.39 is 28.5 Å². The van der Waals surface area contributed by atoms with Gasteiger partial charge < -0.3 is 10.2 Å². The van der Waals surface area contributed by atoms with Gasteiger partial charge in [-0.05, 0) is 59.5 Å². The molecule has 0 aliphatic carbocycles. The molecule has 0 aliphatic rings. The van der Waals surface area contributed by atoms with Gasteiger partial charge in [-0.25, -0.2) is 8.42 Å². The molecule has 0 spiro atoms. The highest BCUT2D eigenvalue weighted by Crippen LogP contribution is 2.31. The first kappa shape index (κ1) is 35.6. The second-order valence-electron chi connectivity index (χ2n) is 11.1. The quantitative estimate of drug-likeness (QED) is 0.152. The predicted molar refractivity (Wildman–Crippen MR) is 186 cm³/mol. The minimum absolute atomic E-state index is 0.0366. The van der Waals surface area contributed by atoms with E-state index in [1.54, 1.807) is 36.4 Å². The zero-order valence-electron chi connectivity index (χ0n) is 25.2. The molecule has 0 aromatic heterocycles. The lowest BCUT2D eigenvalue weighted by Crippen LogP contribution is -2.53. The fourth-order valence-corrected chi connectivity index (χ4v) is 7.00. The number of hydrogen-bond donors (Lipinski definition) is 1. The third-order valence-corrected chi connectivity index (χ3v) is 10.0. The Morgan fingerprint density at radius 3 is 1.96 bits per heavy atom. The monoisotopic (exact) mass is 719 g/mol. The van der Waals surface area contributed by atoms with Gasteiger partial charge in [0.2, 0.25) is 11.8 Å². The molecule has 1 unspecified atom stereocenters. The summed E-state index contributed by atoms with van der Waals surface area (Å²) >= 11 is 25.1. The number of halogens is 4. The molecule has 0 fully saturated rings. The number of sulfonamides is 1. The largest absolute Gasteiger partial charge is 0.354 e. The minimum atomic E-state index is -4.30. The van der Waals surface area contributed by atoms with E-state index in [-0.39, 0.29) is 50.4 Å². The summed E-state index contributed by atoms with van der Waals surface area (Å²) in [5.41, 5.74) is 1.50. The molecule has 0 heterocycles. The molecule has 4 aromatic rings. The van der Waals surface area contributed by atoms with E-state index >= 15 is 0 Å². The van der Waals surface area contributed by atoms with Gasteiger partial charge >= 0.3 is 0 Å². The van der Waals surface area contributed by atoms with Crippen molar-refractivity contribution in [3.63, 3.8) is 0 Å². The second kappa shape index (κ2) is 16.0. The van der Waals surface area contributed by atoms with Crippen LogP contribution in [0.2, 0.25) is 20.1 Å². The molecule has 2 amide bonds. The van der Waals surface area contributed by atoms with Crippen molar-refractivity contribution < 1.29 is 18.0 Å². The van der Waals surface area contributed by atoms with Gasteiger partial charge in [-0.1, -0.05) is 115 Å². The van der Waals surface area contributed by atoms with Crippen LogP contribution >= 0.6 is 46.4 Å². The molecule has 0 aliphatic heterocycles. The van der Waals surface area contributed by atoms with E-state index in [1.165, 1.54) is 35.2 Å². The molecule has 1 N–H and O–H groups in total. The Morgan fingerprint density at radius 2 is 1.37 bits per heavy atom. The van der Waals surface area contributed by atoms with E-state index in [9.17, 15) is 18.0 Å². The number of anilines is 1. The normalized spacial score (nSPS) is 12.1. The van der Waals surface area contributed by atoms with Crippen molar-refractivity contribution in [1.82, 2.24) is 10.2 Å². The van der Waals surface area contributed by atoms with Crippen molar-refractivity contribution in [3.8, 4) is 0 Å². The number of carbonyl (C=O) groups is 2. The van der Waals surface area contributed by atoms with E-state index in [1.807, 2.05) is 44.2 Å². The molecule has 242 valence electrons. The fraction of sp³-hybridized carbons (Fsp3) is 0.235. The maximum Gasteiger partial charge on any atom is 0.264 e. The maximum absolute atomic E-state index is 14.5. The fourth-order valence-electron chi connectivity index (χ4n) is 4.74. The number of nitrogens with zero attached hydrogens (tertiary/aromatic N) is 2. The van der Waals surface area contributed by atoms with E-state index in [0.29, 0.717) is 17.1 Å². The van der Waals surface area contributed by atoms with Crippen molar-refractivity contribution in [2.45, 2.75) is 37.8 Å². The van der Waals surface area contributed by atoms with Crippen LogP contribution in [0.15, 0.2) is 102 Å². The Hall–Kier alpha value is -3.27. The second-order valence-corrected chi connectivity index (χ2v) is 14.6. The number of hydrogen-bond acceptors (Lipinski definition) is 4. The lowest BCUT2D eigenvalue weighted by atomic mass is 10.0. The molecule has 0 bridgehead atoms. The third kappa shape index (κ3) is 9.39. The highest BCUT2D eigenvalue weighted by molar-refractivity contribution is 7.92. The summed E-state index contributed by atoms with van der Waals surface area (Å²) in [6.45, 7) is 3.60. The van der Waals surface area contributed by atoms with Crippen molar-refractivity contribution in [1.29, 1.82) is 0 Å². The summed E-state index contributed by atoms with van der Waals surface area (Å²) in [5.74, 6) is -0.865. The number of nitrogens with one attached hydrogen (secondary N) is 1. The molecule has 0 saturated heterocycles. The summed E-state index contributed by atoms with van der Waals surface area (Å²) in [4.78, 5) is 29.7. The van der Waals surface area contributed by atoms with Gasteiger partial charge in [0.05, 0.1) is 20.6 Å². The third-order valence-electron chi connectivity index (χ3n) is 7.04. The summed E-state index contributed by atoms with van der Waals surface area (Å²) in [6.07, 6.45) is 0.173. The summed E-state index contributed by atoms with van der Waals surface area (Å²) < 4.78 is 29.1. The Balaban J connectivity index is 1.83. The van der Waals surface area contributed by atoms with Crippen molar-refractivity contribution in [2.75, 3.05) is 17.4 Å². The van der Waals surface area contributed by atoms with E-state index in [2.05, 4.69) is 5.32 Å². The van der Waals surface area contributed by atoms with Gasteiger partial charge in [0.1, 0.15) is 12.6 Å². The molecule has 4 aromatic carbocycles. The standard InChI is InChI=1S/C34H33Cl4N3O4S/c1-23(2)20-39-34(43)32(16-24-9-5-3-6-10-24)40(21-25-13-14-30(37)31(38)15-25)33(42)22-41(28-18-26(35)17-27(36)19-28)46(44,45)29-11-7-4-8-12-29/h3-15,17-19,23,32H,16,20-22H2,1-2H3,(H,39,43). The van der Waals surface area contributed by atoms with Crippen LogP contribution in [-0.2, 0) is 32.6 Å². The molecule has 1 atom stereocenters. The van der Waals surface area contributed by atoms with Gasteiger partial charge in [0.25, 0.3) is 10.0 Å². The first-order chi connectivity index (χ1) is 21.8. The van der Waals surface area contributed by atoms with Gasteiger partial charge in [0, 0.05) is 29.6 Å². The first-order valence-corrected chi connectivity index (χ1v) is 17.4. The lowest BCUT2D eigenvalue weighted by molar-refractivity contribution is -0.140. The predicted octanol–water partition coefficient (Wildman–Crippen LogP) is 7.91. The molecule has 46 heavy (non-hydrogen) atoms. The zero-order valence-corrected chi connectivity index (χ0v) is 29.0. The number of amides is 2. The van der Waals surface area contributed by atoms with Crippen LogP contribution in [0.25, 0.3) is 0 Å². The molecule has 12 heteroatoms. The van der Waals surface area contributed by atoms with Gasteiger partial charge in [-0.2, -0.15) is 0 Å². The van der Waals surface area contributed by atoms with Crippen LogP contribution in [0.1, 0.15) is 25.0 Å². The van der Waals surface area contributed by atoms with Crippen molar-refractivity contribution in [3.05, 3.63) is 128 Å². The zero-order chi connectivity index (χ0) is 33.4. The molecular formula is C34H33Cl4N3O4S. The van der Waals surface area contributed by atoms with Crippen LogP contribution in [0.4, 0.5) is 5.69 Å². The van der Waals surface area contributed by atoms with Crippen LogP contribution in [-0.4, -0.2) is 44.3 Å². The summed E-state index contributed by atoms with van der Waals surface area (Å²) in [6, 6.07) is 25.2. The number of carbonyl (C=O) groups excluding carboxylic acids is 2. The smallest absolute Gasteiger partial charge is 0.264 e. The van der Waals surface area contributed by atoms with Gasteiger partial charge in [0.15, 0.2) is 0 Å². The van der Waals surface area contributed by atoms with Crippen LogP contribution in [0.5, 0.6) is 0 Å². The minimum Gasteiger partial charge on any atom is -0.354 e. The molecular weight excluding hydrogens is 688 g/mol. The average Bonchev–Trinajstić information content (AvgIpc) is 3.02. The molecule has 4 rings (SSSR count). The van der Waals surface area contributed by atoms with E-state index in [0.717, 1.165) is 9.87 Å². The first-order valence-electron chi connectivity index (χ1n) is 14.4. The van der Waals surface area contributed by atoms with Crippen LogP contribution in [0.3, 0.4) is 0 Å². The topological polar surface area (TPSA) is 86.8 Å². The number of benzene rings is 4. The van der Waals surface area contributed by atoms with Crippen LogP contribution in [0, 0.1) is 5.92 Å². The Bertz CT molecular complexity index is 1750. The van der Waals surface area contributed by atoms with Gasteiger partial charge in [-0.15, -0.1) is 0 Å².